The molecule has 0 saturated heterocycles. The van der Waals surface area contributed by atoms with Gasteiger partial charge in [-0.3, -0.25) is 0 Å². The minimum Gasteiger partial charge on any atom is -0.494 e. The van der Waals surface area contributed by atoms with Crippen LogP contribution in [0.25, 0.3) is 11.0 Å². The van der Waals surface area contributed by atoms with Gasteiger partial charge in [-0.15, -0.1) is 0 Å². The average molecular weight is 353 g/mol. The van der Waals surface area contributed by atoms with Crippen LogP contribution in [0.5, 0.6) is 5.75 Å². The van der Waals surface area contributed by atoms with Crippen LogP contribution in [0.3, 0.4) is 0 Å². The molecular weight excluding hydrogens is 330 g/mol. The predicted octanol–water partition coefficient (Wildman–Crippen LogP) is 4.95. The van der Waals surface area contributed by atoms with E-state index in [1.807, 2.05) is 37.3 Å². The number of rotatable bonds is 7. The van der Waals surface area contributed by atoms with Crippen LogP contribution in [-0.4, -0.2) is 17.8 Å². The third-order valence-electron chi connectivity index (χ3n) is 4.31. The monoisotopic (exact) mass is 353 g/mol. The summed E-state index contributed by atoms with van der Waals surface area (Å²) in [6, 6.07) is 15.8. The number of fused-ring (bicyclic) bond motifs is 1. The summed E-state index contributed by atoms with van der Waals surface area (Å²) in [6.07, 6.45) is 0.778. The van der Waals surface area contributed by atoms with Crippen molar-refractivity contribution in [3.05, 3.63) is 65.4 Å². The Labute approximate surface area is 152 Å². The number of ether oxygens (including phenoxy) is 1. The van der Waals surface area contributed by atoms with Crippen LogP contribution in [0.2, 0.25) is 0 Å². The van der Waals surface area contributed by atoms with Crippen LogP contribution < -0.4 is 10.1 Å². The molecule has 0 fully saturated rings. The van der Waals surface area contributed by atoms with E-state index in [1.54, 1.807) is 6.92 Å². The highest BCUT2D eigenvalue weighted by Crippen LogP contribution is 2.25. The quantitative estimate of drug-likeness (QED) is 0.631. The van der Waals surface area contributed by atoms with E-state index in [0.29, 0.717) is 12.4 Å². The van der Waals surface area contributed by atoms with Crippen LogP contribution in [0.15, 0.2) is 52.9 Å². The lowest BCUT2D eigenvalue weighted by atomic mass is 10.0. The fourth-order valence-electron chi connectivity index (χ4n) is 2.93. The first kappa shape index (κ1) is 17.9. The molecule has 3 rings (SSSR count). The fraction of sp³-hybridized carbons (Fsp3) is 0.286. The van der Waals surface area contributed by atoms with E-state index >= 15 is 0 Å². The Morgan fingerprint density at radius 1 is 1.12 bits per heavy atom. The Morgan fingerprint density at radius 2 is 1.81 bits per heavy atom. The van der Waals surface area contributed by atoms with E-state index in [0.717, 1.165) is 29.6 Å². The third-order valence-corrected chi connectivity index (χ3v) is 4.31. The highest BCUT2D eigenvalue weighted by molar-refractivity contribution is 5.79. The van der Waals surface area contributed by atoms with Gasteiger partial charge in [-0.05, 0) is 62.1 Å². The standard InChI is InChI=1S/C21H23NO4/c1-3-25-18-10-7-15(8-11-18)4-5-16-6-9-17-13-19(26-20(17)12-16)14(2)22-21(23)24/h6-14,22H,3-5H2,1-2H3,(H,23,24). The number of amides is 1. The molecule has 0 aliphatic rings. The van der Waals surface area contributed by atoms with E-state index in [4.69, 9.17) is 14.3 Å². The van der Waals surface area contributed by atoms with Gasteiger partial charge in [0.1, 0.15) is 17.1 Å². The topological polar surface area (TPSA) is 71.7 Å². The Bertz CT molecular complexity index is 883. The van der Waals surface area contributed by atoms with E-state index in [2.05, 4.69) is 23.5 Å². The van der Waals surface area contributed by atoms with Crippen molar-refractivity contribution in [2.75, 3.05) is 6.61 Å². The normalized spacial score (nSPS) is 12.1. The van der Waals surface area contributed by atoms with Crippen LogP contribution in [0.4, 0.5) is 4.79 Å². The Kier molecular flexibility index (Phi) is 5.46. The lowest BCUT2D eigenvalue weighted by molar-refractivity contribution is 0.189. The van der Waals surface area contributed by atoms with Gasteiger partial charge in [0.15, 0.2) is 0 Å². The second kappa shape index (κ2) is 7.95. The Balaban J connectivity index is 1.67. The predicted molar refractivity (Wildman–Crippen MR) is 101 cm³/mol. The molecule has 5 nitrogen and oxygen atoms in total. The number of hydrogen-bond donors (Lipinski definition) is 2. The number of aryl methyl sites for hydroxylation is 2. The molecule has 136 valence electrons. The number of carboxylic acid groups (broad SMARTS) is 1. The fourth-order valence-corrected chi connectivity index (χ4v) is 2.93. The van der Waals surface area contributed by atoms with Gasteiger partial charge in [0.05, 0.1) is 12.6 Å². The number of nitrogens with one attached hydrogen (secondary N) is 1. The molecule has 2 N–H and O–H groups in total. The van der Waals surface area contributed by atoms with E-state index < -0.39 is 6.09 Å². The molecule has 1 heterocycles. The molecular formula is C21H23NO4. The van der Waals surface area contributed by atoms with Crippen molar-refractivity contribution < 1.29 is 19.1 Å². The molecule has 5 heteroatoms. The van der Waals surface area contributed by atoms with Crippen LogP contribution in [-0.2, 0) is 12.8 Å². The Morgan fingerprint density at radius 3 is 2.50 bits per heavy atom. The molecule has 0 radical (unpaired) electrons. The SMILES string of the molecule is CCOc1ccc(CCc2ccc3cc(C(C)NC(=O)O)oc3c2)cc1. The van der Waals surface area contributed by atoms with Gasteiger partial charge in [0.25, 0.3) is 0 Å². The summed E-state index contributed by atoms with van der Waals surface area (Å²) >= 11 is 0. The summed E-state index contributed by atoms with van der Waals surface area (Å²) in [5.41, 5.74) is 3.22. The molecule has 26 heavy (non-hydrogen) atoms. The molecule has 0 saturated carbocycles. The lowest BCUT2D eigenvalue weighted by Gasteiger charge is -2.06. The van der Waals surface area contributed by atoms with Crippen LogP contribution in [0, 0.1) is 0 Å². The van der Waals surface area contributed by atoms with Crippen molar-refractivity contribution >= 4 is 17.1 Å². The first-order chi connectivity index (χ1) is 12.5. The largest absolute Gasteiger partial charge is 0.494 e. The molecule has 0 bridgehead atoms. The molecule has 0 aliphatic heterocycles. The van der Waals surface area contributed by atoms with Crippen molar-refractivity contribution in [1.82, 2.24) is 5.32 Å². The maximum Gasteiger partial charge on any atom is 0.405 e. The number of benzene rings is 2. The molecule has 1 amide bonds. The van der Waals surface area contributed by atoms with Gasteiger partial charge < -0.3 is 19.6 Å². The van der Waals surface area contributed by atoms with E-state index in [9.17, 15) is 4.79 Å². The molecule has 2 aromatic carbocycles. The maximum absolute atomic E-state index is 10.8. The zero-order valence-corrected chi connectivity index (χ0v) is 15.0. The van der Waals surface area contributed by atoms with E-state index in [-0.39, 0.29) is 6.04 Å². The van der Waals surface area contributed by atoms with Gasteiger partial charge in [-0.1, -0.05) is 24.3 Å². The van der Waals surface area contributed by atoms with Crippen molar-refractivity contribution in [3.63, 3.8) is 0 Å². The molecule has 1 aromatic heterocycles. The van der Waals surface area contributed by atoms with Crippen molar-refractivity contribution in [2.45, 2.75) is 32.7 Å². The number of furan rings is 1. The molecule has 1 atom stereocenters. The average Bonchev–Trinajstić information content (AvgIpc) is 3.04. The highest BCUT2D eigenvalue weighted by Gasteiger charge is 2.13. The van der Waals surface area contributed by atoms with Crippen molar-refractivity contribution in [2.24, 2.45) is 0 Å². The first-order valence-corrected chi connectivity index (χ1v) is 8.78. The second-order valence-corrected chi connectivity index (χ2v) is 6.27. The molecule has 3 aromatic rings. The molecule has 0 spiro atoms. The van der Waals surface area contributed by atoms with Crippen molar-refractivity contribution in [1.29, 1.82) is 0 Å². The minimum absolute atomic E-state index is 0.382. The Hall–Kier alpha value is -2.95. The third kappa shape index (κ3) is 4.36. The zero-order valence-electron chi connectivity index (χ0n) is 15.0. The van der Waals surface area contributed by atoms with Crippen LogP contribution in [0.1, 0.15) is 36.8 Å². The number of hydrogen-bond acceptors (Lipinski definition) is 3. The van der Waals surface area contributed by atoms with E-state index in [1.165, 1.54) is 11.1 Å². The summed E-state index contributed by atoms with van der Waals surface area (Å²) < 4.78 is 11.3. The van der Waals surface area contributed by atoms with Gasteiger partial charge in [0, 0.05) is 5.39 Å². The summed E-state index contributed by atoms with van der Waals surface area (Å²) in [5.74, 6) is 1.51. The van der Waals surface area contributed by atoms with Crippen molar-refractivity contribution in [3.8, 4) is 5.75 Å². The smallest absolute Gasteiger partial charge is 0.405 e. The molecule has 1 unspecified atom stereocenters. The number of carbonyl (C=O) groups is 1. The molecule has 0 aliphatic carbocycles. The lowest BCUT2D eigenvalue weighted by Crippen LogP contribution is -2.23. The van der Waals surface area contributed by atoms with Crippen LogP contribution >= 0.6 is 0 Å². The van der Waals surface area contributed by atoms with Gasteiger partial charge in [-0.25, -0.2) is 4.79 Å². The first-order valence-electron chi connectivity index (χ1n) is 8.78. The minimum atomic E-state index is -1.06. The van der Waals surface area contributed by atoms with Gasteiger partial charge >= 0.3 is 6.09 Å². The second-order valence-electron chi connectivity index (χ2n) is 6.27. The van der Waals surface area contributed by atoms with Gasteiger partial charge in [0.2, 0.25) is 0 Å². The summed E-state index contributed by atoms with van der Waals surface area (Å²) in [5, 5.41) is 12.2. The maximum atomic E-state index is 10.8. The summed E-state index contributed by atoms with van der Waals surface area (Å²) in [7, 11) is 0. The summed E-state index contributed by atoms with van der Waals surface area (Å²) in [4.78, 5) is 10.8. The highest BCUT2D eigenvalue weighted by atomic mass is 16.5. The van der Waals surface area contributed by atoms with Gasteiger partial charge in [-0.2, -0.15) is 0 Å². The zero-order chi connectivity index (χ0) is 18.5. The summed E-state index contributed by atoms with van der Waals surface area (Å²) in [6.45, 7) is 4.41.